The quantitative estimate of drug-likeness (QED) is 0.490. The second-order valence-electron chi connectivity index (χ2n) is 6.02. The highest BCUT2D eigenvalue weighted by Crippen LogP contribution is 2.32. The van der Waals surface area contributed by atoms with Gasteiger partial charge in [-0.25, -0.2) is 0 Å². The van der Waals surface area contributed by atoms with E-state index < -0.39 is 40.2 Å². The molecule has 1 saturated heterocycles. The number of pyridine rings is 1. The van der Waals surface area contributed by atoms with Crippen molar-refractivity contribution in [2.45, 2.75) is 30.0 Å². The molecule has 1 aromatic carbocycles. The first-order valence-corrected chi connectivity index (χ1v) is 9.51. The Hall–Kier alpha value is -2.59. The predicted octanol–water partition coefficient (Wildman–Crippen LogP) is -0.348. The van der Waals surface area contributed by atoms with Crippen LogP contribution in [0.3, 0.4) is 0 Å². The highest BCUT2D eigenvalue weighted by atomic mass is 32.2. The predicted molar refractivity (Wildman–Crippen MR) is 93.2 cm³/mol. The van der Waals surface area contributed by atoms with Crippen LogP contribution in [0.15, 0.2) is 42.6 Å². The molecule has 0 amide bonds. The summed E-state index contributed by atoms with van der Waals surface area (Å²) in [6.45, 7) is 0. The van der Waals surface area contributed by atoms with E-state index in [1.165, 1.54) is 18.3 Å². The van der Waals surface area contributed by atoms with E-state index in [-0.39, 0.29) is 5.75 Å². The smallest absolute Gasteiger partial charge is 0.295 e. The maximum atomic E-state index is 11.4. The van der Waals surface area contributed by atoms with Gasteiger partial charge in [-0.1, -0.05) is 12.1 Å². The molecule has 11 heteroatoms. The third kappa shape index (κ3) is 3.97. The molecule has 1 aliphatic heterocycles. The van der Waals surface area contributed by atoms with E-state index in [1.807, 2.05) is 6.07 Å². The largest absolute Gasteiger partial charge is 0.460 e. The van der Waals surface area contributed by atoms with Crippen LogP contribution in [0.1, 0.15) is 5.56 Å². The summed E-state index contributed by atoms with van der Waals surface area (Å²) >= 11 is 0. The lowest BCUT2D eigenvalue weighted by Crippen LogP contribution is -2.61. The molecule has 148 valence electrons. The van der Waals surface area contributed by atoms with E-state index in [0.717, 1.165) is 0 Å². The minimum absolute atomic E-state index is 0.0777. The molecule has 2 heterocycles. The molecule has 0 bridgehead atoms. The van der Waals surface area contributed by atoms with Crippen LogP contribution in [0.5, 0.6) is 5.75 Å². The Morgan fingerprint density at radius 3 is 2.36 bits per heavy atom. The number of hydrogen-bond acceptors (Lipinski definition) is 9. The van der Waals surface area contributed by atoms with Crippen molar-refractivity contribution in [3.05, 3.63) is 48.2 Å². The van der Waals surface area contributed by atoms with Gasteiger partial charge in [0.1, 0.15) is 29.8 Å². The second kappa shape index (κ2) is 7.80. The van der Waals surface area contributed by atoms with Crippen molar-refractivity contribution in [2.75, 3.05) is 0 Å². The molecule has 1 fully saturated rings. The van der Waals surface area contributed by atoms with E-state index >= 15 is 0 Å². The van der Waals surface area contributed by atoms with E-state index in [9.17, 15) is 28.3 Å². The Labute approximate surface area is 160 Å². The summed E-state index contributed by atoms with van der Waals surface area (Å²) in [5.41, 5.74) is -0.911. The molecule has 2 aromatic rings. The molecule has 0 radical (unpaired) electrons. The standard InChI is InChI=1S/C17H16N2O8S/c18-8-9-3-5-10(6-4-9)12-11(2-1-7-19-12)26-16-14(21)13(20)15(22)17(27-16)28(23,24)25/h1-7,13-17,20-22H,(H,23,24,25)/t13-,14-,15+,16-,17?/m1/s1. The highest BCUT2D eigenvalue weighted by molar-refractivity contribution is 7.86. The Balaban J connectivity index is 1.92. The van der Waals surface area contributed by atoms with Crippen LogP contribution in [0.4, 0.5) is 0 Å². The van der Waals surface area contributed by atoms with Crippen molar-refractivity contribution >= 4 is 10.1 Å². The summed E-state index contributed by atoms with van der Waals surface area (Å²) in [4.78, 5) is 4.17. The summed E-state index contributed by atoms with van der Waals surface area (Å²) in [5.74, 6) is 0.0777. The van der Waals surface area contributed by atoms with Gasteiger partial charge in [-0.3, -0.25) is 9.54 Å². The zero-order chi connectivity index (χ0) is 20.5. The summed E-state index contributed by atoms with van der Waals surface area (Å²) in [6.07, 6.45) is -6.07. The average molecular weight is 408 g/mol. The molecule has 10 nitrogen and oxygen atoms in total. The van der Waals surface area contributed by atoms with Gasteiger partial charge in [0, 0.05) is 11.8 Å². The maximum Gasteiger partial charge on any atom is 0.295 e. The number of ether oxygens (including phenoxy) is 2. The van der Waals surface area contributed by atoms with Crippen molar-refractivity contribution in [3.8, 4) is 23.1 Å². The van der Waals surface area contributed by atoms with Crippen LogP contribution in [0.2, 0.25) is 0 Å². The van der Waals surface area contributed by atoms with Gasteiger partial charge in [0.25, 0.3) is 10.1 Å². The van der Waals surface area contributed by atoms with Crippen molar-refractivity contribution in [1.82, 2.24) is 4.98 Å². The molecule has 4 N–H and O–H groups in total. The summed E-state index contributed by atoms with van der Waals surface area (Å²) in [6, 6.07) is 11.3. The lowest BCUT2D eigenvalue weighted by atomic mass is 10.1. The molecule has 1 aliphatic rings. The number of nitriles is 1. The minimum Gasteiger partial charge on any atom is -0.460 e. The van der Waals surface area contributed by atoms with Gasteiger partial charge in [0.2, 0.25) is 11.7 Å². The van der Waals surface area contributed by atoms with E-state index in [0.29, 0.717) is 16.8 Å². The number of aliphatic hydroxyl groups is 3. The maximum absolute atomic E-state index is 11.4. The number of aromatic nitrogens is 1. The number of hydrogen-bond donors (Lipinski definition) is 4. The first kappa shape index (κ1) is 20.2. The Bertz CT molecular complexity index is 989. The summed E-state index contributed by atoms with van der Waals surface area (Å²) in [7, 11) is -4.90. The van der Waals surface area contributed by atoms with Crippen LogP contribution < -0.4 is 4.74 Å². The fourth-order valence-corrected chi connectivity index (χ4v) is 3.45. The third-order valence-corrected chi connectivity index (χ3v) is 5.10. The van der Waals surface area contributed by atoms with E-state index in [2.05, 4.69) is 4.98 Å². The zero-order valence-electron chi connectivity index (χ0n) is 14.2. The van der Waals surface area contributed by atoms with Crippen molar-refractivity contribution in [3.63, 3.8) is 0 Å². The number of rotatable bonds is 4. The molecule has 1 unspecified atom stereocenters. The lowest BCUT2D eigenvalue weighted by Gasteiger charge is -2.38. The SMILES string of the molecule is N#Cc1ccc(-c2ncccc2O[C@@H]2OC(S(=O)(=O)O)[C@@H](O)[C@H](O)[C@H]2O)cc1. The van der Waals surface area contributed by atoms with Gasteiger partial charge in [0.15, 0.2) is 0 Å². The van der Waals surface area contributed by atoms with Crippen LogP contribution in [0, 0.1) is 11.3 Å². The van der Waals surface area contributed by atoms with Gasteiger partial charge in [0.05, 0.1) is 11.6 Å². The van der Waals surface area contributed by atoms with E-state index in [1.54, 1.807) is 24.3 Å². The number of aliphatic hydroxyl groups excluding tert-OH is 3. The van der Waals surface area contributed by atoms with Crippen LogP contribution in [-0.4, -0.2) is 63.3 Å². The summed E-state index contributed by atoms with van der Waals surface area (Å²) < 4.78 is 42.4. The molecule has 0 spiro atoms. The fraction of sp³-hybridized carbons (Fsp3) is 0.294. The molecule has 28 heavy (non-hydrogen) atoms. The Morgan fingerprint density at radius 1 is 1.07 bits per heavy atom. The normalized spacial score (nSPS) is 27.8. The van der Waals surface area contributed by atoms with E-state index in [4.69, 9.17) is 14.7 Å². The average Bonchev–Trinajstić information content (AvgIpc) is 2.68. The zero-order valence-corrected chi connectivity index (χ0v) is 15.0. The molecule has 3 rings (SSSR count). The minimum atomic E-state index is -4.90. The van der Waals surface area contributed by atoms with Crippen molar-refractivity contribution in [1.29, 1.82) is 5.26 Å². The van der Waals surface area contributed by atoms with Gasteiger partial charge in [-0.2, -0.15) is 13.7 Å². The van der Waals surface area contributed by atoms with Gasteiger partial charge in [-0.15, -0.1) is 0 Å². The topological polar surface area (TPSA) is 170 Å². The second-order valence-corrected chi connectivity index (χ2v) is 7.51. The third-order valence-electron chi connectivity index (χ3n) is 4.12. The van der Waals surface area contributed by atoms with Crippen LogP contribution in [0.25, 0.3) is 11.3 Å². The van der Waals surface area contributed by atoms with Crippen LogP contribution >= 0.6 is 0 Å². The van der Waals surface area contributed by atoms with Crippen LogP contribution in [-0.2, 0) is 14.9 Å². The molecular formula is C17H16N2O8S. The first-order valence-electron chi connectivity index (χ1n) is 8.00. The Kier molecular flexibility index (Phi) is 5.61. The van der Waals surface area contributed by atoms with Gasteiger partial charge < -0.3 is 24.8 Å². The van der Waals surface area contributed by atoms with Crippen molar-refractivity contribution in [2.24, 2.45) is 0 Å². The highest BCUT2D eigenvalue weighted by Gasteiger charge is 2.50. The molecule has 0 saturated carbocycles. The molecule has 1 aromatic heterocycles. The molecule has 0 aliphatic carbocycles. The van der Waals surface area contributed by atoms with Gasteiger partial charge >= 0.3 is 0 Å². The fourth-order valence-electron chi connectivity index (χ4n) is 2.69. The molecule has 5 atom stereocenters. The number of nitrogens with zero attached hydrogens (tertiary/aromatic N) is 2. The monoisotopic (exact) mass is 408 g/mol. The molecular weight excluding hydrogens is 392 g/mol. The number of benzene rings is 1. The van der Waals surface area contributed by atoms with Gasteiger partial charge in [-0.05, 0) is 24.3 Å². The lowest BCUT2D eigenvalue weighted by molar-refractivity contribution is -0.254. The summed E-state index contributed by atoms with van der Waals surface area (Å²) in [5, 5.41) is 38.6. The van der Waals surface area contributed by atoms with Crippen molar-refractivity contribution < 1.29 is 37.8 Å². The Morgan fingerprint density at radius 2 is 1.75 bits per heavy atom. The first-order chi connectivity index (χ1) is 13.2.